The number of nitro groups is 1. The molecule has 124 valence electrons. The number of nitrogens with zero attached hydrogens (tertiary/aromatic N) is 2. The molecule has 0 saturated carbocycles. The molecule has 1 saturated heterocycles. The fourth-order valence-corrected chi connectivity index (χ4v) is 3.74. The minimum Gasteiger partial charge on any atom is -0.374 e. The van der Waals surface area contributed by atoms with Gasteiger partial charge >= 0.3 is 0 Å². The summed E-state index contributed by atoms with van der Waals surface area (Å²) in [5.74, 6) is -1.15. The van der Waals surface area contributed by atoms with E-state index in [0.717, 1.165) is 22.5 Å². The molecule has 0 aliphatic carbocycles. The number of benzene rings is 1. The van der Waals surface area contributed by atoms with Crippen molar-refractivity contribution in [3.05, 3.63) is 34.1 Å². The van der Waals surface area contributed by atoms with Gasteiger partial charge in [0.25, 0.3) is 15.7 Å². The van der Waals surface area contributed by atoms with Gasteiger partial charge in [0.1, 0.15) is 5.82 Å². The summed E-state index contributed by atoms with van der Waals surface area (Å²) in [4.78, 5) is 9.09. The van der Waals surface area contributed by atoms with Gasteiger partial charge in [-0.15, -0.1) is 12.4 Å². The Morgan fingerprint density at radius 1 is 1.50 bits per heavy atom. The average Bonchev–Trinajstić information content (AvgIpc) is 2.46. The Morgan fingerprint density at radius 3 is 2.77 bits per heavy atom. The number of morpholine rings is 1. The summed E-state index contributed by atoms with van der Waals surface area (Å²) < 4.78 is 45.0. The molecule has 2 N–H and O–H groups in total. The molecular formula is C11H15ClFN3O5S. The number of rotatable bonds is 4. The van der Waals surface area contributed by atoms with Crippen LogP contribution < -0.4 is 5.73 Å². The van der Waals surface area contributed by atoms with Crippen LogP contribution in [0.4, 0.5) is 10.1 Å². The molecule has 1 unspecified atom stereocenters. The normalized spacial score (nSPS) is 19.5. The van der Waals surface area contributed by atoms with Gasteiger partial charge in [0, 0.05) is 25.7 Å². The fourth-order valence-electron chi connectivity index (χ4n) is 2.08. The second-order valence-corrected chi connectivity index (χ2v) is 6.31. The SMILES string of the molecule is Cl.NCC1CN(S(=O)(=O)c2c(F)cccc2[N+](=O)[O-])CCO1. The van der Waals surface area contributed by atoms with Crippen LogP contribution in [0.3, 0.4) is 0 Å². The summed E-state index contributed by atoms with van der Waals surface area (Å²) in [6.07, 6.45) is -0.514. The van der Waals surface area contributed by atoms with Crippen molar-refractivity contribution in [3.8, 4) is 0 Å². The Hall–Kier alpha value is -1.33. The average molecular weight is 356 g/mol. The number of nitrogens with two attached hydrogens (primary N) is 1. The van der Waals surface area contributed by atoms with Crippen molar-refractivity contribution in [1.29, 1.82) is 0 Å². The molecule has 22 heavy (non-hydrogen) atoms. The first kappa shape index (κ1) is 18.7. The van der Waals surface area contributed by atoms with E-state index in [9.17, 15) is 22.9 Å². The molecule has 1 aromatic carbocycles. The molecule has 0 bridgehead atoms. The highest BCUT2D eigenvalue weighted by Gasteiger charge is 2.37. The molecular weight excluding hydrogens is 341 g/mol. The van der Waals surface area contributed by atoms with Gasteiger partial charge in [-0.25, -0.2) is 12.8 Å². The lowest BCUT2D eigenvalue weighted by atomic mass is 10.3. The molecule has 1 aliphatic heterocycles. The smallest absolute Gasteiger partial charge is 0.292 e. The van der Waals surface area contributed by atoms with E-state index >= 15 is 0 Å². The zero-order valence-electron chi connectivity index (χ0n) is 11.3. The van der Waals surface area contributed by atoms with Gasteiger partial charge in [0.05, 0.1) is 17.6 Å². The van der Waals surface area contributed by atoms with Crippen LogP contribution >= 0.6 is 12.4 Å². The van der Waals surface area contributed by atoms with Crippen LogP contribution in [0.15, 0.2) is 23.1 Å². The highest BCUT2D eigenvalue weighted by atomic mass is 35.5. The predicted octanol–water partition coefficient (Wildman–Crippen LogP) is 0.504. The topological polar surface area (TPSA) is 116 Å². The second-order valence-electron chi connectivity index (χ2n) is 4.44. The van der Waals surface area contributed by atoms with Crippen LogP contribution in [0.1, 0.15) is 0 Å². The van der Waals surface area contributed by atoms with Gasteiger partial charge in [-0.3, -0.25) is 10.1 Å². The largest absolute Gasteiger partial charge is 0.374 e. The number of nitro benzene ring substituents is 1. The van der Waals surface area contributed by atoms with Crippen LogP contribution in [-0.4, -0.2) is 50.0 Å². The second kappa shape index (κ2) is 7.29. The molecule has 0 aromatic heterocycles. The molecule has 1 aliphatic rings. The Bertz CT molecular complexity index is 657. The van der Waals surface area contributed by atoms with E-state index in [1.807, 2.05) is 0 Å². The summed E-state index contributed by atoms with van der Waals surface area (Å²) in [6.45, 7) is 0.128. The number of halogens is 2. The summed E-state index contributed by atoms with van der Waals surface area (Å²) >= 11 is 0. The number of ether oxygens (including phenoxy) is 1. The van der Waals surface area contributed by atoms with Gasteiger partial charge in [0.2, 0.25) is 0 Å². The van der Waals surface area contributed by atoms with Gasteiger partial charge in [-0.2, -0.15) is 4.31 Å². The zero-order valence-corrected chi connectivity index (χ0v) is 13.0. The number of hydrogen-bond acceptors (Lipinski definition) is 6. The van der Waals surface area contributed by atoms with E-state index in [2.05, 4.69) is 0 Å². The van der Waals surface area contributed by atoms with E-state index in [1.54, 1.807) is 0 Å². The lowest BCUT2D eigenvalue weighted by Crippen LogP contribution is -2.48. The Kier molecular flexibility index (Phi) is 6.20. The highest BCUT2D eigenvalue weighted by Crippen LogP contribution is 2.29. The van der Waals surface area contributed by atoms with E-state index in [0.29, 0.717) is 0 Å². The Balaban J connectivity index is 0.00000242. The van der Waals surface area contributed by atoms with Gasteiger partial charge < -0.3 is 10.5 Å². The molecule has 0 radical (unpaired) electrons. The van der Waals surface area contributed by atoms with Crippen molar-refractivity contribution in [1.82, 2.24) is 4.31 Å². The van der Waals surface area contributed by atoms with E-state index < -0.39 is 37.5 Å². The third kappa shape index (κ3) is 3.52. The molecule has 1 fully saturated rings. The van der Waals surface area contributed by atoms with Crippen LogP contribution in [0.5, 0.6) is 0 Å². The van der Waals surface area contributed by atoms with Crippen molar-refractivity contribution in [2.45, 2.75) is 11.0 Å². The van der Waals surface area contributed by atoms with E-state index in [4.69, 9.17) is 10.5 Å². The standard InChI is InChI=1S/C11H14FN3O5S.ClH/c12-9-2-1-3-10(15(16)17)11(9)21(18,19)14-4-5-20-8(6-13)7-14;/h1-3,8H,4-7,13H2;1H. The number of hydrogen-bond donors (Lipinski definition) is 1. The quantitative estimate of drug-likeness (QED) is 0.621. The maximum Gasteiger partial charge on any atom is 0.292 e. The maximum atomic E-state index is 13.9. The lowest BCUT2D eigenvalue weighted by molar-refractivity contribution is -0.388. The summed E-state index contributed by atoms with van der Waals surface area (Å²) in [6, 6.07) is 2.92. The van der Waals surface area contributed by atoms with Crippen molar-refractivity contribution < 1.29 is 22.5 Å². The molecule has 11 heteroatoms. The summed E-state index contributed by atoms with van der Waals surface area (Å²) in [5.41, 5.74) is 4.64. The number of sulfonamides is 1. The molecule has 1 aromatic rings. The fraction of sp³-hybridized carbons (Fsp3) is 0.455. The molecule has 8 nitrogen and oxygen atoms in total. The van der Waals surface area contributed by atoms with Gasteiger partial charge in [-0.05, 0) is 6.07 Å². The first-order valence-electron chi connectivity index (χ1n) is 6.12. The zero-order chi connectivity index (χ0) is 15.6. The summed E-state index contributed by atoms with van der Waals surface area (Å²) in [7, 11) is -4.33. The third-order valence-electron chi connectivity index (χ3n) is 3.11. The lowest BCUT2D eigenvalue weighted by Gasteiger charge is -2.31. The molecule has 2 rings (SSSR count). The third-order valence-corrected chi connectivity index (χ3v) is 5.04. The molecule has 1 atom stereocenters. The predicted molar refractivity (Wildman–Crippen MR) is 77.9 cm³/mol. The van der Waals surface area contributed by atoms with Gasteiger partial charge in [0.15, 0.2) is 4.90 Å². The van der Waals surface area contributed by atoms with E-state index in [-0.39, 0.29) is 38.6 Å². The van der Waals surface area contributed by atoms with Gasteiger partial charge in [-0.1, -0.05) is 6.07 Å². The first-order valence-corrected chi connectivity index (χ1v) is 7.56. The summed E-state index contributed by atoms with van der Waals surface area (Å²) in [5, 5.41) is 10.9. The minimum absolute atomic E-state index is 0. The van der Waals surface area contributed by atoms with Crippen LogP contribution in [-0.2, 0) is 14.8 Å². The van der Waals surface area contributed by atoms with Crippen LogP contribution in [0.25, 0.3) is 0 Å². The molecule has 1 heterocycles. The Labute approximate surface area is 132 Å². The minimum atomic E-state index is -4.33. The first-order chi connectivity index (χ1) is 9.87. The van der Waals surface area contributed by atoms with Crippen molar-refractivity contribution in [3.63, 3.8) is 0 Å². The highest BCUT2D eigenvalue weighted by molar-refractivity contribution is 7.89. The molecule has 0 amide bonds. The van der Waals surface area contributed by atoms with Crippen molar-refractivity contribution >= 4 is 28.1 Å². The van der Waals surface area contributed by atoms with E-state index in [1.165, 1.54) is 0 Å². The van der Waals surface area contributed by atoms with Crippen molar-refractivity contribution in [2.24, 2.45) is 5.73 Å². The van der Waals surface area contributed by atoms with Crippen molar-refractivity contribution in [2.75, 3.05) is 26.2 Å². The van der Waals surface area contributed by atoms with Crippen LogP contribution in [0, 0.1) is 15.9 Å². The monoisotopic (exact) mass is 355 g/mol. The molecule has 0 spiro atoms. The Morgan fingerprint density at radius 2 is 2.18 bits per heavy atom. The van der Waals surface area contributed by atoms with Crippen LogP contribution in [0.2, 0.25) is 0 Å². The maximum absolute atomic E-state index is 13.9.